The van der Waals surface area contributed by atoms with Crippen molar-refractivity contribution in [1.29, 1.82) is 0 Å². The summed E-state index contributed by atoms with van der Waals surface area (Å²) in [4.78, 5) is 0. The minimum atomic E-state index is 1.03. The first kappa shape index (κ1) is 7.43. The van der Waals surface area contributed by atoms with Gasteiger partial charge >= 0.3 is 0 Å². The van der Waals surface area contributed by atoms with E-state index in [4.69, 9.17) is 0 Å². The summed E-state index contributed by atoms with van der Waals surface area (Å²) in [5, 5.41) is 0. The standard InChI is InChI=1S/C8H13/c1-3-5-7-8-6-4-2/h1,4,6-8H2,2H3/q+1. The van der Waals surface area contributed by atoms with Crippen LogP contribution >= 0.6 is 0 Å². The Kier molecular flexibility index (Phi) is 5.97. The molecule has 0 heteroatoms. The molecule has 0 saturated heterocycles. The Hall–Kier alpha value is -0.570. The van der Waals surface area contributed by atoms with Gasteiger partial charge in [-0.15, -0.1) is 0 Å². The van der Waals surface area contributed by atoms with Crippen LogP contribution in [0.1, 0.15) is 32.6 Å². The van der Waals surface area contributed by atoms with Crippen molar-refractivity contribution >= 4 is 0 Å². The van der Waals surface area contributed by atoms with E-state index >= 15 is 0 Å². The van der Waals surface area contributed by atoms with Crippen LogP contribution in [-0.2, 0) is 0 Å². The maximum atomic E-state index is 3.42. The Balaban J connectivity index is 2.79. The van der Waals surface area contributed by atoms with Gasteiger partial charge in [-0.25, -0.2) is 0 Å². The summed E-state index contributed by atoms with van der Waals surface area (Å²) in [6, 6.07) is 0. The molecular formula is C8H13+. The van der Waals surface area contributed by atoms with Gasteiger partial charge in [-0.05, 0) is 6.42 Å². The first-order valence-corrected chi connectivity index (χ1v) is 3.16. The summed E-state index contributed by atoms with van der Waals surface area (Å²) < 4.78 is 0. The van der Waals surface area contributed by atoms with Crippen LogP contribution in [0.15, 0.2) is 0 Å². The number of hydrogen-bond donors (Lipinski definition) is 0. The highest BCUT2D eigenvalue weighted by atomic mass is 13.8. The molecule has 0 aliphatic carbocycles. The van der Waals surface area contributed by atoms with Gasteiger partial charge < -0.3 is 0 Å². The SMILES string of the molecule is [CH2+]C#CCCCCC. The lowest BCUT2D eigenvalue weighted by molar-refractivity contribution is 0.737. The van der Waals surface area contributed by atoms with Gasteiger partial charge in [0.05, 0.1) is 13.3 Å². The van der Waals surface area contributed by atoms with Gasteiger partial charge in [-0.3, -0.25) is 0 Å². The lowest BCUT2D eigenvalue weighted by Gasteiger charge is -1.83. The quantitative estimate of drug-likeness (QED) is 0.296. The van der Waals surface area contributed by atoms with Crippen molar-refractivity contribution in [3.63, 3.8) is 0 Å². The van der Waals surface area contributed by atoms with Crippen LogP contribution < -0.4 is 0 Å². The number of rotatable bonds is 3. The molecule has 0 amide bonds. The van der Waals surface area contributed by atoms with Crippen molar-refractivity contribution in [2.24, 2.45) is 0 Å². The first-order chi connectivity index (χ1) is 3.91. The van der Waals surface area contributed by atoms with Gasteiger partial charge in [0.25, 0.3) is 0 Å². The molecule has 0 radical (unpaired) electrons. The molecule has 0 fully saturated rings. The smallest absolute Gasteiger partial charge is 0.0654 e. The molecule has 0 aliphatic heterocycles. The van der Waals surface area contributed by atoms with E-state index in [1.165, 1.54) is 19.3 Å². The summed E-state index contributed by atoms with van der Waals surface area (Å²) in [7, 11) is 0. The average Bonchev–Trinajstić information content (AvgIpc) is 1.81. The normalized spacial score (nSPS) is 7.62. The maximum Gasteiger partial charge on any atom is 0.135 e. The van der Waals surface area contributed by atoms with Crippen LogP contribution in [0.3, 0.4) is 0 Å². The van der Waals surface area contributed by atoms with Crippen molar-refractivity contribution in [1.82, 2.24) is 0 Å². The highest BCUT2D eigenvalue weighted by molar-refractivity contribution is 5.00. The predicted octanol–water partition coefficient (Wildman–Crippen LogP) is 2.40. The van der Waals surface area contributed by atoms with Crippen LogP contribution in [0.4, 0.5) is 0 Å². The molecule has 0 N–H and O–H groups in total. The van der Waals surface area contributed by atoms with E-state index in [0.29, 0.717) is 0 Å². The van der Waals surface area contributed by atoms with Crippen molar-refractivity contribution in [2.75, 3.05) is 0 Å². The molecule has 0 aromatic carbocycles. The molecule has 0 unspecified atom stereocenters. The van der Waals surface area contributed by atoms with Crippen molar-refractivity contribution in [2.45, 2.75) is 32.6 Å². The summed E-state index contributed by atoms with van der Waals surface area (Å²) in [5.74, 6) is 5.55. The third kappa shape index (κ3) is 5.43. The molecule has 0 aromatic heterocycles. The molecular weight excluding hydrogens is 96.1 g/mol. The third-order valence-electron chi connectivity index (χ3n) is 1.03. The highest BCUT2D eigenvalue weighted by Crippen LogP contribution is 1.95. The van der Waals surface area contributed by atoms with Crippen LogP contribution in [0, 0.1) is 18.8 Å². The van der Waals surface area contributed by atoms with Gasteiger partial charge in [0.15, 0.2) is 0 Å². The van der Waals surface area contributed by atoms with Gasteiger partial charge in [0.1, 0.15) is 11.8 Å². The lowest BCUT2D eigenvalue weighted by Crippen LogP contribution is -1.69. The summed E-state index contributed by atoms with van der Waals surface area (Å²) in [6.07, 6.45) is 4.84. The fourth-order valence-corrected chi connectivity index (χ4v) is 0.552. The monoisotopic (exact) mass is 109 g/mol. The fraction of sp³-hybridized carbons (Fsp3) is 0.625. The number of hydrogen-bond acceptors (Lipinski definition) is 0. The molecule has 0 nitrogen and oxygen atoms in total. The van der Waals surface area contributed by atoms with Crippen LogP contribution in [0.5, 0.6) is 0 Å². The van der Waals surface area contributed by atoms with Crippen molar-refractivity contribution in [3.8, 4) is 11.8 Å². The zero-order valence-corrected chi connectivity index (χ0v) is 5.54. The zero-order chi connectivity index (χ0) is 6.24. The summed E-state index contributed by atoms with van der Waals surface area (Å²) in [6.45, 7) is 5.61. The second-order valence-corrected chi connectivity index (χ2v) is 1.81. The minimum Gasteiger partial charge on any atom is -0.0654 e. The number of unbranched alkanes of at least 4 members (excludes halogenated alkanes) is 3. The van der Waals surface area contributed by atoms with Gasteiger partial charge in [0, 0.05) is 0 Å². The lowest BCUT2D eigenvalue weighted by atomic mass is 10.2. The van der Waals surface area contributed by atoms with E-state index in [1.807, 2.05) is 0 Å². The van der Waals surface area contributed by atoms with E-state index in [1.54, 1.807) is 0 Å². The molecule has 0 atom stereocenters. The Morgan fingerprint density at radius 3 is 2.62 bits per heavy atom. The molecule has 0 aliphatic rings. The minimum absolute atomic E-state index is 1.03. The molecule has 0 aromatic rings. The van der Waals surface area contributed by atoms with E-state index in [9.17, 15) is 0 Å². The Labute approximate surface area is 52.3 Å². The van der Waals surface area contributed by atoms with E-state index in [2.05, 4.69) is 25.7 Å². The summed E-state index contributed by atoms with van der Waals surface area (Å²) >= 11 is 0. The maximum absolute atomic E-state index is 3.42. The fourth-order valence-electron chi connectivity index (χ4n) is 0.552. The molecule has 8 heavy (non-hydrogen) atoms. The first-order valence-electron chi connectivity index (χ1n) is 3.16. The highest BCUT2D eigenvalue weighted by Gasteiger charge is 1.83. The zero-order valence-electron chi connectivity index (χ0n) is 5.54. The second kappa shape index (κ2) is 6.43. The Bertz CT molecular complexity index is 81.9. The van der Waals surface area contributed by atoms with Crippen LogP contribution in [0.2, 0.25) is 0 Å². The molecule has 44 valence electrons. The predicted molar refractivity (Wildman–Crippen MR) is 37.3 cm³/mol. The molecule has 0 spiro atoms. The molecule has 0 saturated carbocycles. The largest absolute Gasteiger partial charge is 0.135 e. The third-order valence-corrected chi connectivity index (χ3v) is 1.03. The van der Waals surface area contributed by atoms with E-state index in [-0.39, 0.29) is 0 Å². The molecule has 0 rings (SSSR count). The van der Waals surface area contributed by atoms with Gasteiger partial charge in [0.2, 0.25) is 0 Å². The Morgan fingerprint density at radius 1 is 1.38 bits per heavy atom. The average molecular weight is 109 g/mol. The van der Waals surface area contributed by atoms with Gasteiger partial charge in [-0.2, -0.15) is 0 Å². The van der Waals surface area contributed by atoms with Crippen LogP contribution in [0.25, 0.3) is 0 Å². The van der Waals surface area contributed by atoms with Crippen LogP contribution in [-0.4, -0.2) is 0 Å². The van der Waals surface area contributed by atoms with E-state index in [0.717, 1.165) is 6.42 Å². The van der Waals surface area contributed by atoms with Crippen molar-refractivity contribution < 1.29 is 0 Å². The van der Waals surface area contributed by atoms with Crippen molar-refractivity contribution in [3.05, 3.63) is 6.92 Å². The molecule has 0 heterocycles. The Morgan fingerprint density at radius 2 is 2.12 bits per heavy atom. The van der Waals surface area contributed by atoms with E-state index < -0.39 is 0 Å². The summed E-state index contributed by atoms with van der Waals surface area (Å²) in [5.41, 5.74) is 0. The topological polar surface area (TPSA) is 0 Å². The molecule has 0 bridgehead atoms. The second-order valence-electron chi connectivity index (χ2n) is 1.81. The van der Waals surface area contributed by atoms with Gasteiger partial charge in [-0.1, -0.05) is 19.8 Å².